The maximum atomic E-state index is 12.4. The van der Waals surface area contributed by atoms with E-state index >= 15 is 0 Å². The van der Waals surface area contributed by atoms with Gasteiger partial charge >= 0.3 is 24.8 Å². The first kappa shape index (κ1) is 20.1. The number of aromatic amines is 1. The average molecular weight is 407 g/mol. The molecule has 1 aliphatic heterocycles. The summed E-state index contributed by atoms with van der Waals surface area (Å²) in [6.07, 6.45) is 0. The van der Waals surface area contributed by atoms with Gasteiger partial charge in [-0.2, -0.15) is 4.98 Å². The van der Waals surface area contributed by atoms with Crippen LogP contribution in [-0.2, 0) is 0 Å². The van der Waals surface area contributed by atoms with Gasteiger partial charge in [-0.05, 0) is 13.8 Å². The van der Waals surface area contributed by atoms with Gasteiger partial charge in [-0.15, -0.1) is 0 Å². The molecule has 0 spiro atoms. The van der Waals surface area contributed by atoms with E-state index in [-0.39, 0.29) is 59.1 Å². The van der Waals surface area contributed by atoms with Crippen molar-refractivity contribution in [2.45, 2.75) is 19.9 Å². The number of oxazole rings is 1. The van der Waals surface area contributed by atoms with E-state index < -0.39 is 5.97 Å². The summed E-state index contributed by atoms with van der Waals surface area (Å²) in [6, 6.07) is 0.360. The number of carboxylic acids is 1. The van der Waals surface area contributed by atoms with Crippen LogP contribution in [0, 0.1) is 25.7 Å². The summed E-state index contributed by atoms with van der Waals surface area (Å²) >= 11 is 12.1. The summed E-state index contributed by atoms with van der Waals surface area (Å²) in [5, 5.41) is 12.6. The van der Waals surface area contributed by atoms with E-state index in [4.69, 9.17) is 32.7 Å². The number of carboxylic acid groups (broad SMARTS) is 1. The topological polar surface area (TPSA) is 111 Å². The summed E-state index contributed by atoms with van der Waals surface area (Å²) in [6.45, 7) is 4.64. The normalized spacial score (nSPS) is 23.0. The number of carbonyl (C=O) groups excluding carboxylic acids is 1. The van der Waals surface area contributed by atoms with Crippen molar-refractivity contribution in [2.75, 3.05) is 18.0 Å². The van der Waals surface area contributed by atoms with Gasteiger partial charge in [0.25, 0.3) is 11.9 Å². The summed E-state index contributed by atoms with van der Waals surface area (Å²) in [5.41, 5.74) is 1.27. The van der Waals surface area contributed by atoms with Gasteiger partial charge in [-0.25, -0.2) is 4.79 Å². The van der Waals surface area contributed by atoms with Crippen LogP contribution in [0.3, 0.4) is 0 Å². The fraction of sp³-hybridized carbons (Fsp3) is 0.438. The molecule has 1 saturated heterocycles. The second kappa shape index (κ2) is 7.10. The van der Waals surface area contributed by atoms with Gasteiger partial charge < -0.3 is 24.7 Å². The van der Waals surface area contributed by atoms with Gasteiger partial charge in [0, 0.05) is 36.7 Å². The number of anilines is 1. The molecule has 1 unspecified atom stereocenters. The number of aryl methyl sites for hydroxylation is 2. The number of aromatic carboxylic acids is 1. The Balaban J connectivity index is 0.00000210. The number of amides is 1. The molecule has 0 aromatic carbocycles. The number of H-pyrrole nitrogens is 1. The summed E-state index contributed by atoms with van der Waals surface area (Å²) in [7, 11) is 0. The molecular weight excluding hydrogens is 390 g/mol. The first-order chi connectivity index (χ1) is 12.3. The Hall–Kier alpha value is -1.59. The molecule has 2 aromatic rings. The predicted octanol–water partition coefficient (Wildman–Crippen LogP) is 1.84. The Labute approximate surface area is 176 Å². The fourth-order valence-corrected chi connectivity index (χ4v) is 3.98. The van der Waals surface area contributed by atoms with Crippen molar-refractivity contribution in [3.63, 3.8) is 0 Å². The summed E-state index contributed by atoms with van der Waals surface area (Å²) in [4.78, 5) is 32.4. The van der Waals surface area contributed by atoms with E-state index in [9.17, 15) is 9.59 Å². The molecule has 1 saturated carbocycles. The van der Waals surface area contributed by atoms with E-state index in [0.717, 1.165) is 0 Å². The van der Waals surface area contributed by atoms with Crippen molar-refractivity contribution in [2.24, 2.45) is 11.8 Å². The fourth-order valence-electron chi connectivity index (χ4n) is 3.56. The minimum absolute atomic E-state index is 0. The van der Waals surface area contributed by atoms with Crippen LogP contribution in [0.5, 0.6) is 0 Å². The number of hydrogen-bond acceptors (Lipinski definition) is 5. The first-order valence-electron chi connectivity index (χ1n) is 8.08. The third kappa shape index (κ3) is 3.36. The number of nitrogens with zero attached hydrogens (tertiary/aromatic N) is 2. The van der Waals surface area contributed by atoms with Gasteiger partial charge in [0.1, 0.15) is 5.69 Å². The molecule has 1 aliphatic carbocycles. The van der Waals surface area contributed by atoms with E-state index in [2.05, 4.69) is 15.3 Å². The SMILES string of the molecule is Cc1nc(N2C[C@@H]3C(NC(=O)c4[nH]c(C)c(Cl)c4Cl)[C@@H]3C2)oc1C(=O)O.[LiH]. The standard InChI is InChI=1S/C16H16Cl2N4O4.Li.H/c1-5-9(17)10(18)12(19-5)14(23)21-11-7-3-22(4-8(7)11)16-20-6(2)13(26-16)15(24)25;;/h7-8,11,19H,3-4H2,1-2H3,(H,21,23)(H,24,25);;/t7-,8+,11?;;. The molecule has 2 aliphatic rings. The monoisotopic (exact) mass is 406 g/mol. The first-order valence-corrected chi connectivity index (χ1v) is 8.83. The third-order valence-corrected chi connectivity index (χ3v) is 5.97. The Bertz CT molecular complexity index is 916. The van der Waals surface area contributed by atoms with E-state index in [1.165, 1.54) is 0 Å². The number of aromatic nitrogens is 2. The number of halogens is 2. The Morgan fingerprint density at radius 2 is 1.89 bits per heavy atom. The van der Waals surface area contributed by atoms with Gasteiger partial charge in [-0.3, -0.25) is 4.79 Å². The van der Waals surface area contributed by atoms with Crippen LogP contribution < -0.4 is 10.2 Å². The number of piperidine rings is 1. The van der Waals surface area contributed by atoms with Crippen molar-refractivity contribution in [3.8, 4) is 0 Å². The second-order valence-electron chi connectivity index (χ2n) is 6.70. The van der Waals surface area contributed by atoms with Crippen molar-refractivity contribution < 1.29 is 19.1 Å². The van der Waals surface area contributed by atoms with Crippen molar-refractivity contribution >= 4 is 60.0 Å². The zero-order chi connectivity index (χ0) is 18.7. The van der Waals surface area contributed by atoms with E-state index in [1.54, 1.807) is 13.8 Å². The molecular formula is C16H17Cl2LiN4O4. The molecule has 3 heterocycles. The summed E-state index contributed by atoms with van der Waals surface area (Å²) in [5.74, 6) is -1.02. The number of hydrogen-bond donors (Lipinski definition) is 3. The van der Waals surface area contributed by atoms with Crippen LogP contribution >= 0.6 is 23.2 Å². The molecule has 140 valence electrons. The van der Waals surface area contributed by atoms with E-state index in [1.807, 2.05) is 4.90 Å². The summed E-state index contributed by atoms with van der Waals surface area (Å²) < 4.78 is 5.34. The van der Waals surface area contributed by atoms with Gasteiger partial charge in [0.2, 0.25) is 5.76 Å². The molecule has 0 bridgehead atoms. The van der Waals surface area contributed by atoms with Gasteiger partial charge in [0.15, 0.2) is 0 Å². The molecule has 0 radical (unpaired) electrons. The molecule has 3 N–H and O–H groups in total. The van der Waals surface area contributed by atoms with Crippen molar-refractivity contribution in [3.05, 3.63) is 32.9 Å². The zero-order valence-electron chi connectivity index (χ0n) is 14.0. The predicted molar refractivity (Wildman–Crippen MR) is 101 cm³/mol. The second-order valence-corrected chi connectivity index (χ2v) is 7.46. The molecule has 27 heavy (non-hydrogen) atoms. The van der Waals surface area contributed by atoms with Crippen LogP contribution in [-0.4, -0.2) is 64.9 Å². The average Bonchev–Trinajstić information content (AvgIpc) is 2.97. The minimum atomic E-state index is -1.13. The van der Waals surface area contributed by atoms with E-state index in [0.29, 0.717) is 35.5 Å². The molecule has 2 aromatic heterocycles. The van der Waals surface area contributed by atoms with Crippen molar-refractivity contribution in [1.82, 2.24) is 15.3 Å². The molecule has 8 nitrogen and oxygen atoms in total. The van der Waals surface area contributed by atoms with Crippen LogP contribution in [0.25, 0.3) is 0 Å². The van der Waals surface area contributed by atoms with Gasteiger partial charge in [0.05, 0.1) is 15.7 Å². The Morgan fingerprint density at radius 1 is 1.26 bits per heavy atom. The zero-order valence-corrected chi connectivity index (χ0v) is 15.5. The van der Waals surface area contributed by atoms with Crippen LogP contribution in [0.1, 0.15) is 32.4 Å². The number of fused-ring (bicyclic) bond motifs is 1. The third-order valence-electron chi connectivity index (χ3n) is 5.02. The Kier molecular flexibility index (Phi) is 5.30. The number of carbonyl (C=O) groups is 2. The maximum absolute atomic E-state index is 12.4. The molecule has 2 fully saturated rings. The molecule has 11 heteroatoms. The quantitative estimate of drug-likeness (QED) is 0.667. The van der Waals surface area contributed by atoms with Crippen LogP contribution in [0.2, 0.25) is 10.0 Å². The number of rotatable bonds is 4. The van der Waals surface area contributed by atoms with Crippen molar-refractivity contribution in [1.29, 1.82) is 0 Å². The van der Waals surface area contributed by atoms with Crippen LogP contribution in [0.15, 0.2) is 4.42 Å². The van der Waals surface area contributed by atoms with Gasteiger partial charge in [-0.1, -0.05) is 23.2 Å². The molecule has 1 amide bonds. The Morgan fingerprint density at radius 3 is 2.37 bits per heavy atom. The number of nitrogens with one attached hydrogen (secondary N) is 2. The molecule has 3 atom stereocenters. The van der Waals surface area contributed by atoms with Crippen LogP contribution in [0.4, 0.5) is 6.01 Å². The molecule has 4 rings (SSSR count).